The Kier molecular flexibility index (Phi) is 65.2. The zero-order chi connectivity index (χ0) is 70.1. The van der Waals surface area contributed by atoms with E-state index in [9.17, 15) is 43.2 Å². The van der Waals surface area contributed by atoms with E-state index in [1.165, 1.54) is 186 Å². The first-order valence-corrected chi connectivity index (χ1v) is 42.4. The molecule has 95 heavy (non-hydrogen) atoms. The molecule has 19 heteroatoms. The SMILES string of the molecule is CCCCCCCCCC(=O)OC[C@H](COP(=O)(O)OC[C@H](O)COP(=O)(O)OC[C@@H](COC(=O)CCCCCCCCCCCCCC(C)C)OC(=O)CCCCCCCCCCCCCCCCCCCCC(C)CC)OC(=O)CCCCCCCCCCCC(C)C. The zero-order valence-corrected chi connectivity index (χ0v) is 63.9. The number of ether oxygens (including phenoxy) is 4. The van der Waals surface area contributed by atoms with Gasteiger partial charge in [-0.25, -0.2) is 9.13 Å². The molecular formula is C76H148O17P2. The van der Waals surface area contributed by atoms with E-state index < -0.39 is 97.5 Å². The highest BCUT2D eigenvalue weighted by atomic mass is 31.2. The van der Waals surface area contributed by atoms with Crippen molar-refractivity contribution in [3.8, 4) is 0 Å². The number of esters is 4. The first-order valence-electron chi connectivity index (χ1n) is 39.4. The number of aliphatic hydroxyl groups excluding tert-OH is 1. The number of hydrogen-bond donors (Lipinski definition) is 3. The van der Waals surface area contributed by atoms with Crippen LogP contribution in [0.2, 0.25) is 0 Å². The molecule has 0 fully saturated rings. The third kappa shape index (κ3) is 69.0. The van der Waals surface area contributed by atoms with Crippen molar-refractivity contribution in [2.24, 2.45) is 17.8 Å². The first-order chi connectivity index (χ1) is 45.8. The van der Waals surface area contributed by atoms with E-state index in [0.717, 1.165) is 120 Å². The summed E-state index contributed by atoms with van der Waals surface area (Å²) in [5.41, 5.74) is 0. The topological polar surface area (TPSA) is 237 Å². The van der Waals surface area contributed by atoms with Crippen molar-refractivity contribution in [2.75, 3.05) is 39.6 Å². The number of carbonyl (C=O) groups is 4. The van der Waals surface area contributed by atoms with Gasteiger partial charge < -0.3 is 33.8 Å². The van der Waals surface area contributed by atoms with Gasteiger partial charge in [0, 0.05) is 25.7 Å². The van der Waals surface area contributed by atoms with Crippen molar-refractivity contribution < 1.29 is 80.2 Å². The van der Waals surface area contributed by atoms with Crippen LogP contribution in [-0.2, 0) is 65.4 Å². The van der Waals surface area contributed by atoms with Gasteiger partial charge in [-0.2, -0.15) is 0 Å². The van der Waals surface area contributed by atoms with E-state index in [2.05, 4.69) is 48.5 Å². The molecule has 0 rings (SSSR count). The number of phosphoric ester groups is 2. The Morgan fingerprint density at radius 3 is 0.800 bits per heavy atom. The van der Waals surface area contributed by atoms with Gasteiger partial charge in [0.05, 0.1) is 26.4 Å². The summed E-state index contributed by atoms with van der Waals surface area (Å²) in [6.07, 6.45) is 52.9. The lowest BCUT2D eigenvalue weighted by Gasteiger charge is -2.21. The fraction of sp³-hybridized carbons (Fsp3) is 0.947. The molecule has 0 spiro atoms. The van der Waals surface area contributed by atoms with Crippen molar-refractivity contribution in [2.45, 2.75) is 407 Å². The Morgan fingerprint density at radius 1 is 0.305 bits per heavy atom. The van der Waals surface area contributed by atoms with Crippen molar-refractivity contribution in [3.63, 3.8) is 0 Å². The summed E-state index contributed by atoms with van der Waals surface area (Å²) >= 11 is 0. The van der Waals surface area contributed by atoms with Gasteiger partial charge in [0.2, 0.25) is 0 Å². The maximum Gasteiger partial charge on any atom is 0.472 e. The van der Waals surface area contributed by atoms with Gasteiger partial charge >= 0.3 is 39.5 Å². The van der Waals surface area contributed by atoms with Gasteiger partial charge in [-0.1, -0.05) is 337 Å². The molecule has 0 bridgehead atoms. The van der Waals surface area contributed by atoms with Crippen LogP contribution in [0.3, 0.4) is 0 Å². The largest absolute Gasteiger partial charge is 0.472 e. The Labute approximate surface area is 581 Å². The molecule has 17 nitrogen and oxygen atoms in total. The van der Waals surface area contributed by atoms with E-state index >= 15 is 0 Å². The van der Waals surface area contributed by atoms with Crippen LogP contribution < -0.4 is 0 Å². The fourth-order valence-corrected chi connectivity index (χ4v) is 13.1. The molecule has 0 amide bonds. The number of phosphoric acid groups is 2. The minimum atomic E-state index is -4.96. The minimum absolute atomic E-state index is 0.105. The summed E-state index contributed by atoms with van der Waals surface area (Å²) in [5, 5.41) is 10.6. The number of rotatable bonds is 74. The van der Waals surface area contributed by atoms with Gasteiger partial charge in [0.1, 0.15) is 19.3 Å². The number of hydrogen-bond acceptors (Lipinski definition) is 15. The molecule has 0 saturated heterocycles. The lowest BCUT2D eigenvalue weighted by molar-refractivity contribution is -0.161. The van der Waals surface area contributed by atoms with Crippen molar-refractivity contribution in [3.05, 3.63) is 0 Å². The summed E-state index contributed by atoms with van der Waals surface area (Å²) in [4.78, 5) is 72.6. The van der Waals surface area contributed by atoms with Crippen molar-refractivity contribution >= 4 is 39.5 Å². The maximum atomic E-state index is 13.1. The van der Waals surface area contributed by atoms with Crippen LogP contribution in [0.15, 0.2) is 0 Å². The second kappa shape index (κ2) is 66.6. The number of unbranched alkanes of at least 4 members (excludes halogenated alkanes) is 41. The van der Waals surface area contributed by atoms with Gasteiger partial charge in [-0.3, -0.25) is 37.3 Å². The summed E-state index contributed by atoms with van der Waals surface area (Å²) in [6, 6.07) is 0. The third-order valence-corrected chi connectivity index (χ3v) is 19.9. The van der Waals surface area contributed by atoms with Crippen LogP contribution in [0.25, 0.3) is 0 Å². The average molecular weight is 1400 g/mol. The molecule has 0 saturated carbocycles. The molecular weight excluding hydrogens is 1250 g/mol. The standard InChI is InChI=1S/C76H148O17P2/c1-8-10-11-12-33-43-50-57-73(78)86-63-71(92-76(81)60-53-46-39-32-26-28-35-41-48-55-68(5)6)65-90-94(82,83)88-61-70(77)62-89-95(84,85)91-66-72(64-87-74(79)58-51-44-37-30-25-21-22-27-34-40-47-54-67(3)4)93-75(80)59-52-45-38-31-24-20-18-16-14-13-15-17-19-23-29-36-42-49-56-69(7)9-2/h67-72,77H,8-66H2,1-7H3,(H,82,83)(H,84,85)/t69?,70-,71+,72+/m0/s1. The third-order valence-electron chi connectivity index (χ3n) is 18.0. The Hall–Kier alpha value is -1.94. The zero-order valence-electron chi connectivity index (χ0n) is 62.1. The molecule has 6 atom stereocenters. The van der Waals surface area contributed by atoms with Crippen molar-refractivity contribution in [1.29, 1.82) is 0 Å². The summed E-state index contributed by atoms with van der Waals surface area (Å²) in [7, 11) is -9.91. The van der Waals surface area contributed by atoms with E-state index in [-0.39, 0.29) is 25.7 Å². The van der Waals surface area contributed by atoms with Crippen LogP contribution in [0.5, 0.6) is 0 Å². The smallest absolute Gasteiger partial charge is 0.462 e. The maximum absolute atomic E-state index is 13.1. The monoisotopic (exact) mass is 1400 g/mol. The Bertz CT molecular complexity index is 1850. The quantitative estimate of drug-likeness (QED) is 0.0222. The van der Waals surface area contributed by atoms with Crippen LogP contribution >= 0.6 is 15.6 Å². The van der Waals surface area contributed by atoms with Gasteiger partial charge in [0.15, 0.2) is 12.2 Å². The van der Waals surface area contributed by atoms with Gasteiger partial charge in [-0.15, -0.1) is 0 Å². The van der Waals surface area contributed by atoms with Crippen LogP contribution in [-0.4, -0.2) is 96.7 Å². The molecule has 0 aliphatic carbocycles. The predicted octanol–water partition coefficient (Wildman–Crippen LogP) is 22.2. The highest BCUT2D eigenvalue weighted by molar-refractivity contribution is 7.47. The number of carbonyl (C=O) groups excluding carboxylic acids is 4. The second-order valence-corrected chi connectivity index (χ2v) is 31.5. The summed E-state index contributed by atoms with van der Waals surface area (Å²) in [5.74, 6) is 0.255. The van der Waals surface area contributed by atoms with E-state index in [0.29, 0.717) is 25.7 Å². The van der Waals surface area contributed by atoms with Crippen LogP contribution in [0, 0.1) is 17.8 Å². The summed E-state index contributed by atoms with van der Waals surface area (Å²) in [6.45, 7) is 11.9. The predicted molar refractivity (Wildman–Crippen MR) is 386 cm³/mol. The molecule has 3 unspecified atom stereocenters. The molecule has 0 aromatic carbocycles. The second-order valence-electron chi connectivity index (χ2n) is 28.6. The number of aliphatic hydroxyl groups is 1. The molecule has 0 aliphatic rings. The lowest BCUT2D eigenvalue weighted by atomic mass is 9.99. The fourth-order valence-electron chi connectivity index (χ4n) is 11.6. The molecule has 0 radical (unpaired) electrons. The molecule has 0 aromatic rings. The van der Waals surface area contributed by atoms with Crippen LogP contribution in [0.1, 0.15) is 389 Å². The molecule has 0 heterocycles. The lowest BCUT2D eigenvalue weighted by Crippen LogP contribution is -2.30. The highest BCUT2D eigenvalue weighted by Gasteiger charge is 2.30. The molecule has 0 aromatic heterocycles. The summed E-state index contributed by atoms with van der Waals surface area (Å²) < 4.78 is 68.4. The van der Waals surface area contributed by atoms with E-state index in [4.69, 9.17) is 37.0 Å². The van der Waals surface area contributed by atoms with E-state index in [1.54, 1.807) is 0 Å². The Morgan fingerprint density at radius 2 is 0.537 bits per heavy atom. The highest BCUT2D eigenvalue weighted by Crippen LogP contribution is 2.45. The normalized spacial score (nSPS) is 14.4. The van der Waals surface area contributed by atoms with Gasteiger partial charge in [0.25, 0.3) is 0 Å². The molecule has 564 valence electrons. The van der Waals surface area contributed by atoms with E-state index in [1.807, 2.05) is 0 Å². The average Bonchev–Trinajstić information content (AvgIpc) is 1.22. The van der Waals surface area contributed by atoms with Crippen LogP contribution in [0.4, 0.5) is 0 Å². The first kappa shape index (κ1) is 93.1. The molecule has 0 aliphatic heterocycles. The Balaban J connectivity index is 5.16. The minimum Gasteiger partial charge on any atom is -0.462 e. The molecule has 3 N–H and O–H groups in total. The van der Waals surface area contributed by atoms with Gasteiger partial charge in [-0.05, 0) is 43.4 Å². The van der Waals surface area contributed by atoms with Crippen molar-refractivity contribution in [1.82, 2.24) is 0 Å².